The van der Waals surface area contributed by atoms with Crippen molar-refractivity contribution >= 4 is 5.82 Å². The van der Waals surface area contributed by atoms with E-state index in [0.717, 1.165) is 30.9 Å². The topological polar surface area (TPSA) is 41.1 Å². The van der Waals surface area contributed by atoms with Crippen LogP contribution in [0.5, 0.6) is 0 Å². The molecule has 0 aliphatic heterocycles. The van der Waals surface area contributed by atoms with Crippen LogP contribution in [0.1, 0.15) is 53.2 Å². The van der Waals surface area contributed by atoms with E-state index in [1.165, 1.54) is 0 Å². The Morgan fingerprint density at radius 2 is 1.84 bits per heavy atom. The average Bonchev–Trinajstić information content (AvgIpc) is 2.37. The molecular formula is C15H28N4. The summed E-state index contributed by atoms with van der Waals surface area (Å²) in [5.74, 6) is 0.960. The molecule has 0 aliphatic carbocycles. The minimum atomic E-state index is 0.0962. The lowest BCUT2D eigenvalue weighted by Gasteiger charge is -2.27. The van der Waals surface area contributed by atoms with E-state index < -0.39 is 0 Å². The van der Waals surface area contributed by atoms with Crippen LogP contribution in [0.15, 0.2) is 12.4 Å². The van der Waals surface area contributed by atoms with E-state index in [2.05, 4.69) is 56.9 Å². The lowest BCUT2D eigenvalue weighted by atomic mass is 10.1. The number of anilines is 1. The molecule has 0 bridgehead atoms. The van der Waals surface area contributed by atoms with Crippen molar-refractivity contribution < 1.29 is 0 Å². The first-order valence-electron chi connectivity index (χ1n) is 7.16. The summed E-state index contributed by atoms with van der Waals surface area (Å²) in [6.07, 6.45) is 5.93. The van der Waals surface area contributed by atoms with Gasteiger partial charge in [0.15, 0.2) is 0 Å². The zero-order valence-electron chi connectivity index (χ0n) is 13.2. The van der Waals surface area contributed by atoms with Crippen LogP contribution < -0.4 is 10.2 Å². The Balaban J connectivity index is 2.76. The number of nitrogens with zero attached hydrogens (tertiary/aromatic N) is 3. The molecular weight excluding hydrogens is 236 g/mol. The van der Waals surface area contributed by atoms with Crippen LogP contribution in [0.2, 0.25) is 0 Å². The molecule has 0 amide bonds. The summed E-state index contributed by atoms with van der Waals surface area (Å²) in [6, 6.07) is 0.528. The molecule has 1 rings (SSSR count). The Hall–Kier alpha value is -1.16. The van der Waals surface area contributed by atoms with Crippen molar-refractivity contribution in [2.75, 3.05) is 11.9 Å². The quantitative estimate of drug-likeness (QED) is 0.857. The van der Waals surface area contributed by atoms with Gasteiger partial charge in [0.25, 0.3) is 0 Å². The molecule has 19 heavy (non-hydrogen) atoms. The maximum absolute atomic E-state index is 4.69. The standard InChI is InChI=1S/C15H28N4/c1-7-13(8-2)19(6)14-11-16-9-12(18-14)10-17-15(3,4)5/h9,11,13,17H,7-8,10H2,1-6H3. The normalized spacial score (nSPS) is 11.9. The molecule has 1 aromatic heterocycles. The van der Waals surface area contributed by atoms with Gasteiger partial charge in [0.1, 0.15) is 5.82 Å². The van der Waals surface area contributed by atoms with Gasteiger partial charge < -0.3 is 10.2 Å². The molecule has 1 heterocycles. The van der Waals surface area contributed by atoms with E-state index in [1.807, 2.05) is 12.4 Å². The molecule has 0 atom stereocenters. The van der Waals surface area contributed by atoms with Crippen LogP contribution in [0, 0.1) is 0 Å². The summed E-state index contributed by atoms with van der Waals surface area (Å²) >= 11 is 0. The molecule has 0 saturated carbocycles. The smallest absolute Gasteiger partial charge is 0.147 e. The highest BCUT2D eigenvalue weighted by atomic mass is 15.2. The lowest BCUT2D eigenvalue weighted by Crippen LogP contribution is -2.36. The van der Waals surface area contributed by atoms with E-state index in [0.29, 0.717) is 6.04 Å². The van der Waals surface area contributed by atoms with Crippen LogP contribution in [-0.2, 0) is 6.54 Å². The summed E-state index contributed by atoms with van der Waals surface area (Å²) in [6.45, 7) is 11.6. The monoisotopic (exact) mass is 264 g/mol. The predicted octanol–water partition coefficient (Wildman–Crippen LogP) is 2.99. The van der Waals surface area contributed by atoms with Crippen molar-refractivity contribution in [1.82, 2.24) is 15.3 Å². The van der Waals surface area contributed by atoms with Gasteiger partial charge in [-0.05, 0) is 33.6 Å². The fourth-order valence-corrected chi connectivity index (χ4v) is 2.03. The van der Waals surface area contributed by atoms with Crippen LogP contribution in [-0.4, -0.2) is 28.6 Å². The molecule has 0 fully saturated rings. The van der Waals surface area contributed by atoms with Gasteiger partial charge in [-0.25, -0.2) is 4.98 Å². The number of nitrogens with one attached hydrogen (secondary N) is 1. The van der Waals surface area contributed by atoms with Crippen molar-refractivity contribution in [3.63, 3.8) is 0 Å². The minimum absolute atomic E-state index is 0.0962. The summed E-state index contributed by atoms with van der Waals surface area (Å²) < 4.78 is 0. The number of hydrogen-bond acceptors (Lipinski definition) is 4. The molecule has 4 heteroatoms. The third-order valence-electron chi connectivity index (χ3n) is 3.32. The number of hydrogen-bond donors (Lipinski definition) is 1. The van der Waals surface area contributed by atoms with Crippen molar-refractivity contribution in [2.45, 2.75) is 65.6 Å². The maximum Gasteiger partial charge on any atom is 0.147 e. The number of aromatic nitrogens is 2. The van der Waals surface area contributed by atoms with Crippen LogP contribution >= 0.6 is 0 Å². The zero-order chi connectivity index (χ0) is 14.5. The lowest BCUT2D eigenvalue weighted by molar-refractivity contribution is 0.420. The Kier molecular flexibility index (Phi) is 5.73. The Labute approximate surface area is 117 Å². The second-order valence-corrected chi connectivity index (χ2v) is 6.05. The van der Waals surface area contributed by atoms with E-state index in [1.54, 1.807) is 0 Å². The van der Waals surface area contributed by atoms with Crippen LogP contribution in [0.25, 0.3) is 0 Å². The van der Waals surface area contributed by atoms with Crippen molar-refractivity contribution in [3.05, 3.63) is 18.1 Å². The van der Waals surface area contributed by atoms with Gasteiger partial charge in [0.05, 0.1) is 11.9 Å². The summed E-state index contributed by atoms with van der Waals surface area (Å²) in [4.78, 5) is 11.2. The summed E-state index contributed by atoms with van der Waals surface area (Å²) in [7, 11) is 2.10. The first-order chi connectivity index (χ1) is 8.87. The fraction of sp³-hybridized carbons (Fsp3) is 0.733. The van der Waals surface area contributed by atoms with Crippen LogP contribution in [0.4, 0.5) is 5.82 Å². The molecule has 0 aromatic carbocycles. The molecule has 0 unspecified atom stereocenters. The molecule has 0 radical (unpaired) electrons. The van der Waals surface area contributed by atoms with Gasteiger partial charge in [-0.15, -0.1) is 0 Å². The van der Waals surface area contributed by atoms with Gasteiger partial charge >= 0.3 is 0 Å². The highest BCUT2D eigenvalue weighted by Gasteiger charge is 2.14. The maximum atomic E-state index is 4.69. The first-order valence-corrected chi connectivity index (χ1v) is 7.16. The molecule has 0 aliphatic rings. The third kappa shape index (κ3) is 5.15. The van der Waals surface area contributed by atoms with Crippen molar-refractivity contribution in [3.8, 4) is 0 Å². The van der Waals surface area contributed by atoms with Gasteiger partial charge in [-0.3, -0.25) is 4.98 Å². The SMILES string of the molecule is CCC(CC)N(C)c1cncc(CNC(C)(C)C)n1. The third-order valence-corrected chi connectivity index (χ3v) is 3.32. The highest BCUT2D eigenvalue weighted by molar-refractivity contribution is 5.36. The molecule has 0 spiro atoms. The molecule has 4 nitrogen and oxygen atoms in total. The summed E-state index contributed by atoms with van der Waals surface area (Å²) in [5, 5.41) is 3.44. The van der Waals surface area contributed by atoms with E-state index >= 15 is 0 Å². The average molecular weight is 264 g/mol. The Bertz CT molecular complexity index is 380. The molecule has 108 valence electrons. The molecule has 1 aromatic rings. The summed E-state index contributed by atoms with van der Waals surface area (Å²) in [5.41, 5.74) is 1.09. The highest BCUT2D eigenvalue weighted by Crippen LogP contribution is 2.15. The second-order valence-electron chi connectivity index (χ2n) is 6.05. The Morgan fingerprint density at radius 3 is 2.37 bits per heavy atom. The van der Waals surface area contributed by atoms with Crippen molar-refractivity contribution in [1.29, 1.82) is 0 Å². The largest absolute Gasteiger partial charge is 0.355 e. The van der Waals surface area contributed by atoms with E-state index in [9.17, 15) is 0 Å². The van der Waals surface area contributed by atoms with Gasteiger partial charge in [0.2, 0.25) is 0 Å². The fourth-order valence-electron chi connectivity index (χ4n) is 2.03. The van der Waals surface area contributed by atoms with E-state index in [4.69, 9.17) is 4.98 Å². The minimum Gasteiger partial charge on any atom is -0.355 e. The van der Waals surface area contributed by atoms with Crippen LogP contribution in [0.3, 0.4) is 0 Å². The first kappa shape index (κ1) is 15.9. The van der Waals surface area contributed by atoms with Gasteiger partial charge in [0, 0.05) is 31.4 Å². The predicted molar refractivity (Wildman–Crippen MR) is 81.4 cm³/mol. The zero-order valence-corrected chi connectivity index (χ0v) is 13.2. The van der Waals surface area contributed by atoms with Crippen molar-refractivity contribution in [2.24, 2.45) is 0 Å². The second kappa shape index (κ2) is 6.85. The Morgan fingerprint density at radius 1 is 1.21 bits per heavy atom. The van der Waals surface area contributed by atoms with Gasteiger partial charge in [-0.2, -0.15) is 0 Å². The van der Waals surface area contributed by atoms with E-state index in [-0.39, 0.29) is 5.54 Å². The number of rotatable bonds is 6. The molecule has 1 N–H and O–H groups in total. The molecule has 0 saturated heterocycles. The van der Waals surface area contributed by atoms with Gasteiger partial charge in [-0.1, -0.05) is 13.8 Å².